The van der Waals surface area contributed by atoms with Crippen molar-refractivity contribution in [2.45, 2.75) is 66.5 Å². The van der Waals surface area contributed by atoms with Crippen LogP contribution in [-0.4, -0.2) is 30.6 Å². The number of nitrogens with zero attached hydrogens (tertiary/aromatic N) is 1. The summed E-state index contributed by atoms with van der Waals surface area (Å²) >= 11 is 0. The second-order valence-electron chi connectivity index (χ2n) is 6.38. The Balaban J connectivity index is 2.41. The van der Waals surface area contributed by atoms with Gasteiger partial charge in [-0.25, -0.2) is 0 Å². The molecule has 2 heteroatoms. The summed E-state index contributed by atoms with van der Waals surface area (Å²) in [6.45, 7) is 17.0. The second kappa shape index (κ2) is 9.22. The molecule has 1 aromatic carbocycles. The molecule has 120 valence electrons. The summed E-state index contributed by atoms with van der Waals surface area (Å²) in [5, 5.41) is 3.74. The molecule has 2 unspecified atom stereocenters. The maximum Gasteiger partial charge on any atom is 0.0294 e. The number of nitrogens with one attached hydrogen (secondary N) is 1. The molecule has 0 radical (unpaired) electrons. The topological polar surface area (TPSA) is 15.3 Å². The van der Waals surface area contributed by atoms with Crippen molar-refractivity contribution >= 4 is 0 Å². The smallest absolute Gasteiger partial charge is 0.0294 e. The van der Waals surface area contributed by atoms with Crippen LogP contribution in [0.1, 0.15) is 63.3 Å². The van der Waals surface area contributed by atoms with Gasteiger partial charge in [-0.3, -0.25) is 0 Å². The lowest BCUT2D eigenvalue weighted by Crippen LogP contribution is -2.31. The van der Waals surface area contributed by atoms with E-state index in [0.29, 0.717) is 12.1 Å². The molecule has 0 aliphatic carbocycles. The first-order valence-electron chi connectivity index (χ1n) is 8.52. The number of hydrogen-bond acceptors (Lipinski definition) is 2. The average molecular weight is 290 g/mol. The number of benzene rings is 1. The van der Waals surface area contributed by atoms with E-state index in [9.17, 15) is 0 Å². The third-order valence-corrected chi connectivity index (χ3v) is 4.28. The van der Waals surface area contributed by atoms with Gasteiger partial charge in [0.05, 0.1) is 0 Å². The maximum absolute atomic E-state index is 3.74. The van der Waals surface area contributed by atoms with Crippen molar-refractivity contribution in [1.29, 1.82) is 0 Å². The Morgan fingerprint density at radius 3 is 2.10 bits per heavy atom. The van der Waals surface area contributed by atoms with Crippen LogP contribution in [0.15, 0.2) is 18.2 Å². The quantitative estimate of drug-likeness (QED) is 0.722. The van der Waals surface area contributed by atoms with Gasteiger partial charge >= 0.3 is 0 Å². The fourth-order valence-corrected chi connectivity index (χ4v) is 3.03. The first-order valence-corrected chi connectivity index (χ1v) is 8.52. The first-order chi connectivity index (χ1) is 9.96. The molecule has 0 saturated heterocycles. The van der Waals surface area contributed by atoms with E-state index in [1.807, 2.05) is 0 Å². The molecule has 0 amide bonds. The standard InChI is InChI=1S/C19H34N2/c1-7-21(8-2)11-9-10-17(5)20-18(6)19-13-15(3)12-16(4)14-19/h12-14,17-18,20H,7-11H2,1-6H3. The van der Waals surface area contributed by atoms with E-state index in [2.05, 4.69) is 70.0 Å². The molecule has 0 heterocycles. The van der Waals surface area contributed by atoms with Gasteiger partial charge in [-0.1, -0.05) is 43.2 Å². The van der Waals surface area contributed by atoms with Crippen molar-refractivity contribution in [3.63, 3.8) is 0 Å². The van der Waals surface area contributed by atoms with Crippen molar-refractivity contribution in [1.82, 2.24) is 10.2 Å². The van der Waals surface area contributed by atoms with Gasteiger partial charge in [0.2, 0.25) is 0 Å². The van der Waals surface area contributed by atoms with Crippen LogP contribution in [0.3, 0.4) is 0 Å². The molecule has 1 rings (SSSR count). The van der Waals surface area contributed by atoms with Crippen LogP contribution >= 0.6 is 0 Å². The molecule has 0 aliphatic heterocycles. The van der Waals surface area contributed by atoms with Crippen molar-refractivity contribution in [2.24, 2.45) is 0 Å². The number of hydrogen-bond donors (Lipinski definition) is 1. The summed E-state index contributed by atoms with van der Waals surface area (Å²) in [6, 6.07) is 7.83. The zero-order valence-corrected chi connectivity index (χ0v) is 14.9. The molecule has 0 bridgehead atoms. The van der Waals surface area contributed by atoms with Gasteiger partial charge < -0.3 is 10.2 Å². The summed E-state index contributed by atoms with van der Waals surface area (Å²) in [5.41, 5.74) is 4.11. The van der Waals surface area contributed by atoms with Crippen LogP contribution in [0.5, 0.6) is 0 Å². The van der Waals surface area contributed by atoms with Gasteiger partial charge in [0, 0.05) is 12.1 Å². The van der Waals surface area contributed by atoms with E-state index in [0.717, 1.165) is 13.1 Å². The van der Waals surface area contributed by atoms with Gasteiger partial charge in [0.25, 0.3) is 0 Å². The van der Waals surface area contributed by atoms with E-state index in [1.165, 1.54) is 36.1 Å². The third kappa shape index (κ3) is 6.62. The molecule has 0 spiro atoms. The largest absolute Gasteiger partial charge is 0.308 e. The highest BCUT2D eigenvalue weighted by Crippen LogP contribution is 2.17. The summed E-state index contributed by atoms with van der Waals surface area (Å²) in [4.78, 5) is 2.50. The Labute approximate surface area is 131 Å². The molecular formula is C19H34N2. The molecule has 2 atom stereocenters. The van der Waals surface area contributed by atoms with Gasteiger partial charge in [0.15, 0.2) is 0 Å². The minimum Gasteiger partial charge on any atom is -0.308 e. The monoisotopic (exact) mass is 290 g/mol. The van der Waals surface area contributed by atoms with E-state index in [4.69, 9.17) is 0 Å². The molecule has 2 nitrogen and oxygen atoms in total. The van der Waals surface area contributed by atoms with Gasteiger partial charge in [-0.05, 0) is 65.7 Å². The Morgan fingerprint density at radius 1 is 1.00 bits per heavy atom. The summed E-state index contributed by atoms with van der Waals surface area (Å²) in [7, 11) is 0. The van der Waals surface area contributed by atoms with Crippen LogP contribution < -0.4 is 5.32 Å². The fraction of sp³-hybridized carbons (Fsp3) is 0.684. The minimum absolute atomic E-state index is 0.423. The fourth-order valence-electron chi connectivity index (χ4n) is 3.03. The molecule has 0 fully saturated rings. The summed E-state index contributed by atoms with van der Waals surface area (Å²) in [6.07, 6.45) is 2.51. The highest BCUT2D eigenvalue weighted by molar-refractivity contribution is 5.30. The first kappa shape index (κ1) is 18.2. The zero-order valence-electron chi connectivity index (χ0n) is 14.9. The van der Waals surface area contributed by atoms with E-state index < -0.39 is 0 Å². The zero-order chi connectivity index (χ0) is 15.8. The highest BCUT2D eigenvalue weighted by Gasteiger charge is 2.10. The average Bonchev–Trinajstić information content (AvgIpc) is 2.42. The van der Waals surface area contributed by atoms with E-state index >= 15 is 0 Å². The maximum atomic E-state index is 3.74. The van der Waals surface area contributed by atoms with Crippen LogP contribution in [0.25, 0.3) is 0 Å². The molecule has 21 heavy (non-hydrogen) atoms. The van der Waals surface area contributed by atoms with Crippen LogP contribution in [0, 0.1) is 13.8 Å². The van der Waals surface area contributed by atoms with E-state index in [1.54, 1.807) is 0 Å². The SMILES string of the molecule is CCN(CC)CCCC(C)NC(C)c1cc(C)cc(C)c1. The highest BCUT2D eigenvalue weighted by atomic mass is 15.1. The van der Waals surface area contributed by atoms with Crippen molar-refractivity contribution < 1.29 is 0 Å². The Hall–Kier alpha value is -0.860. The van der Waals surface area contributed by atoms with Gasteiger partial charge in [-0.15, -0.1) is 0 Å². The molecule has 1 aromatic rings. The number of rotatable bonds is 9. The Morgan fingerprint density at radius 2 is 1.57 bits per heavy atom. The predicted molar refractivity (Wildman–Crippen MR) is 94.0 cm³/mol. The van der Waals surface area contributed by atoms with E-state index in [-0.39, 0.29) is 0 Å². The van der Waals surface area contributed by atoms with Crippen molar-refractivity contribution in [2.75, 3.05) is 19.6 Å². The third-order valence-electron chi connectivity index (χ3n) is 4.28. The van der Waals surface area contributed by atoms with Crippen LogP contribution in [0.4, 0.5) is 0 Å². The second-order valence-corrected chi connectivity index (χ2v) is 6.38. The van der Waals surface area contributed by atoms with Crippen molar-refractivity contribution in [3.8, 4) is 0 Å². The molecule has 0 saturated carbocycles. The molecule has 0 aromatic heterocycles. The number of aryl methyl sites for hydroxylation is 2. The normalized spacial score (nSPS) is 14.4. The van der Waals surface area contributed by atoms with Gasteiger partial charge in [-0.2, -0.15) is 0 Å². The minimum atomic E-state index is 0.423. The Bertz CT molecular complexity index is 390. The summed E-state index contributed by atoms with van der Waals surface area (Å²) in [5.74, 6) is 0. The molecular weight excluding hydrogens is 256 g/mol. The lowest BCUT2D eigenvalue weighted by atomic mass is 10.0. The van der Waals surface area contributed by atoms with Crippen molar-refractivity contribution in [3.05, 3.63) is 34.9 Å². The predicted octanol–water partition coefficient (Wildman–Crippen LogP) is 4.46. The molecule has 1 N–H and O–H groups in total. The summed E-state index contributed by atoms with van der Waals surface area (Å²) < 4.78 is 0. The van der Waals surface area contributed by atoms with Gasteiger partial charge in [0.1, 0.15) is 0 Å². The Kier molecular flexibility index (Phi) is 7.98. The lowest BCUT2D eigenvalue weighted by Gasteiger charge is -2.23. The van der Waals surface area contributed by atoms with Crippen LogP contribution in [-0.2, 0) is 0 Å². The van der Waals surface area contributed by atoms with Crippen LogP contribution in [0.2, 0.25) is 0 Å². The lowest BCUT2D eigenvalue weighted by molar-refractivity contribution is 0.288. The molecule has 0 aliphatic rings.